The van der Waals surface area contributed by atoms with Crippen molar-refractivity contribution in [2.75, 3.05) is 11.4 Å². The number of anilines is 1. The molecular weight excluding hydrogens is 635 g/mol. The first-order valence-corrected chi connectivity index (χ1v) is 15.5. The molecule has 0 radical (unpaired) electrons. The van der Waals surface area contributed by atoms with E-state index >= 15 is 4.39 Å². The lowest BCUT2D eigenvalue weighted by atomic mass is 9.81. The van der Waals surface area contributed by atoms with E-state index in [1.54, 1.807) is 26.0 Å². The summed E-state index contributed by atoms with van der Waals surface area (Å²) in [5.74, 6) is -3.65. The van der Waals surface area contributed by atoms with Crippen LogP contribution in [0.3, 0.4) is 0 Å². The Morgan fingerprint density at radius 2 is 1.70 bits per heavy atom. The number of pyridine rings is 1. The molecule has 11 heteroatoms. The summed E-state index contributed by atoms with van der Waals surface area (Å²) in [5, 5.41) is 9.00. The molecule has 1 aromatic heterocycles. The number of amides is 1. The smallest absolute Gasteiger partial charge is 0.262 e. The molecule has 0 bridgehead atoms. The van der Waals surface area contributed by atoms with E-state index in [0.29, 0.717) is 21.8 Å². The quantitative estimate of drug-likeness (QED) is 0.133. The van der Waals surface area contributed by atoms with Gasteiger partial charge in [-0.3, -0.25) is 4.79 Å². The second-order valence-corrected chi connectivity index (χ2v) is 12.8. The van der Waals surface area contributed by atoms with Crippen molar-refractivity contribution in [2.45, 2.75) is 71.4 Å². The monoisotopic (exact) mass is 670 g/mol. The summed E-state index contributed by atoms with van der Waals surface area (Å²) >= 11 is 6.54. The van der Waals surface area contributed by atoms with E-state index in [1.165, 1.54) is 11.0 Å². The number of carbonyl (C=O) groups excluding carboxylic acids is 1. The summed E-state index contributed by atoms with van der Waals surface area (Å²) in [6, 6.07) is 7.61. The molecule has 1 aliphatic carbocycles. The fourth-order valence-electron chi connectivity index (χ4n) is 5.95. The van der Waals surface area contributed by atoms with E-state index in [-0.39, 0.29) is 52.8 Å². The lowest BCUT2D eigenvalue weighted by Crippen LogP contribution is -2.38. The van der Waals surface area contributed by atoms with Crippen molar-refractivity contribution >= 4 is 41.4 Å². The minimum atomic E-state index is -2.97. The first-order valence-electron chi connectivity index (χ1n) is 15.2. The Balaban J connectivity index is 1.84. The van der Waals surface area contributed by atoms with Crippen molar-refractivity contribution in [1.82, 2.24) is 4.98 Å². The van der Waals surface area contributed by atoms with E-state index in [2.05, 4.69) is 22.6 Å². The molecule has 1 saturated carbocycles. The maximum absolute atomic E-state index is 16.0. The lowest BCUT2D eigenvalue weighted by Gasteiger charge is -2.34. The topological polar surface area (TPSA) is 69.4 Å². The van der Waals surface area contributed by atoms with Crippen molar-refractivity contribution in [2.24, 2.45) is 16.8 Å². The highest BCUT2D eigenvalue weighted by atomic mass is 35.5. The van der Waals surface area contributed by atoms with Crippen molar-refractivity contribution < 1.29 is 26.7 Å². The highest BCUT2D eigenvalue weighted by Gasteiger charge is 2.46. The number of hydrogen-bond acceptors (Lipinski definition) is 4. The number of carbonyl (C=O) groups is 1. The molecule has 1 fully saturated rings. The normalized spacial score (nSPS) is 16.0. The number of nitrogens with one attached hydrogen (secondary N) is 1. The summed E-state index contributed by atoms with van der Waals surface area (Å²) in [7, 11) is 0. The molecule has 0 spiro atoms. The van der Waals surface area contributed by atoms with Gasteiger partial charge >= 0.3 is 0 Å². The van der Waals surface area contributed by atoms with Gasteiger partial charge in [-0.15, -0.1) is 12.3 Å². The van der Waals surface area contributed by atoms with Crippen LogP contribution < -0.4 is 4.90 Å². The van der Waals surface area contributed by atoms with Gasteiger partial charge in [0.15, 0.2) is 11.5 Å². The standard InChI is InChI=1S/C36H36ClF5N4O/c1-7-23(15-24-16-25(38)18-26(39)17-24)19-46(28-9-8-27(37)31(22(28)5)32(43)20(2)3)34(47)30-21(4)14-29(45-33(30)44-6)35(40)10-12-36(41,42)13-11-35/h1,8-9,14,16-18,20,23,43H,6,10-13,15,19H2,2-5H3. The zero-order chi connectivity index (χ0) is 34.8. The maximum atomic E-state index is 16.0. The third-order valence-electron chi connectivity index (χ3n) is 8.61. The second-order valence-electron chi connectivity index (χ2n) is 12.4. The van der Waals surface area contributed by atoms with E-state index in [1.807, 2.05) is 13.8 Å². The number of rotatable bonds is 10. The molecular formula is C36H36ClF5N4O. The SMILES string of the molecule is C#CC(Cc1cc(F)cc(F)c1)CN(C(=O)c1c(C)cc(C2(F)CCC(F)(F)CC2)nc1N=C)c1ccc(Cl)c(C(=N)C(C)C)c1C. The molecule has 248 valence electrons. The Labute approximate surface area is 276 Å². The number of benzene rings is 2. The number of aromatic nitrogens is 1. The van der Waals surface area contributed by atoms with Gasteiger partial charge in [0.25, 0.3) is 5.91 Å². The molecule has 1 amide bonds. The van der Waals surface area contributed by atoms with E-state index in [4.69, 9.17) is 23.4 Å². The zero-order valence-electron chi connectivity index (χ0n) is 26.7. The zero-order valence-corrected chi connectivity index (χ0v) is 27.4. The summed E-state index contributed by atoms with van der Waals surface area (Å²) in [4.78, 5) is 24.2. The number of aryl methyl sites for hydroxylation is 1. The van der Waals surface area contributed by atoms with Gasteiger partial charge in [0.05, 0.1) is 16.3 Å². The van der Waals surface area contributed by atoms with Crippen LogP contribution in [0, 0.1) is 55.1 Å². The fraction of sp³-hybridized carbons (Fsp3) is 0.389. The number of terminal acetylenes is 1. The highest BCUT2D eigenvalue weighted by molar-refractivity contribution is 6.34. The van der Waals surface area contributed by atoms with Gasteiger partial charge in [-0.2, -0.15) is 0 Å². The Bertz CT molecular complexity index is 1740. The van der Waals surface area contributed by atoms with Crippen LogP contribution in [-0.4, -0.2) is 35.8 Å². The van der Waals surface area contributed by atoms with Gasteiger partial charge in [0, 0.05) is 48.3 Å². The molecule has 1 atom stereocenters. The molecule has 1 aliphatic rings. The van der Waals surface area contributed by atoms with Crippen LogP contribution in [0.15, 0.2) is 41.4 Å². The number of hydrogen-bond donors (Lipinski definition) is 1. The first-order chi connectivity index (χ1) is 22.0. The summed E-state index contributed by atoms with van der Waals surface area (Å²) < 4.78 is 71.8. The predicted molar refractivity (Wildman–Crippen MR) is 176 cm³/mol. The minimum Gasteiger partial charge on any atom is -0.307 e. The van der Waals surface area contributed by atoms with Crippen LogP contribution in [0.2, 0.25) is 5.02 Å². The summed E-state index contributed by atoms with van der Waals surface area (Å²) in [6.07, 6.45) is 3.76. The minimum absolute atomic E-state index is 0.0177. The van der Waals surface area contributed by atoms with Crippen LogP contribution in [0.25, 0.3) is 0 Å². The Morgan fingerprint density at radius 1 is 1.09 bits per heavy atom. The van der Waals surface area contributed by atoms with Crippen molar-refractivity contribution in [3.8, 4) is 12.3 Å². The molecule has 1 unspecified atom stereocenters. The molecule has 3 aromatic rings. The fourth-order valence-corrected chi connectivity index (χ4v) is 6.25. The van der Waals surface area contributed by atoms with Crippen LogP contribution in [0.1, 0.15) is 77.8 Å². The molecule has 47 heavy (non-hydrogen) atoms. The average Bonchev–Trinajstić information content (AvgIpc) is 3.00. The van der Waals surface area contributed by atoms with Crippen LogP contribution in [0.5, 0.6) is 0 Å². The third-order valence-corrected chi connectivity index (χ3v) is 8.92. The highest BCUT2D eigenvalue weighted by Crippen LogP contribution is 2.47. The Morgan fingerprint density at radius 3 is 2.26 bits per heavy atom. The Kier molecular flexibility index (Phi) is 10.6. The van der Waals surface area contributed by atoms with E-state index in [9.17, 15) is 22.4 Å². The summed E-state index contributed by atoms with van der Waals surface area (Å²) in [6.45, 7) is 10.4. The van der Waals surface area contributed by atoms with Gasteiger partial charge in [0.1, 0.15) is 11.6 Å². The molecule has 0 saturated heterocycles. The molecule has 0 aliphatic heterocycles. The lowest BCUT2D eigenvalue weighted by molar-refractivity contribution is -0.0785. The molecule has 1 heterocycles. The largest absolute Gasteiger partial charge is 0.307 e. The van der Waals surface area contributed by atoms with E-state index < -0.39 is 60.7 Å². The van der Waals surface area contributed by atoms with Gasteiger partial charge in [-0.1, -0.05) is 25.4 Å². The van der Waals surface area contributed by atoms with Gasteiger partial charge < -0.3 is 10.3 Å². The van der Waals surface area contributed by atoms with Crippen LogP contribution in [0.4, 0.5) is 33.5 Å². The number of aliphatic imine (C=N–C) groups is 1. The summed E-state index contributed by atoms with van der Waals surface area (Å²) in [5.41, 5.74) is -0.144. The number of alkyl halides is 3. The number of halogens is 6. The second kappa shape index (κ2) is 13.9. The van der Waals surface area contributed by atoms with E-state index in [0.717, 1.165) is 18.2 Å². The van der Waals surface area contributed by atoms with Crippen LogP contribution >= 0.6 is 11.6 Å². The van der Waals surface area contributed by atoms with Gasteiger partial charge in [0.2, 0.25) is 5.92 Å². The van der Waals surface area contributed by atoms with Crippen molar-refractivity contribution in [3.05, 3.63) is 86.6 Å². The first kappa shape index (κ1) is 35.7. The predicted octanol–water partition coefficient (Wildman–Crippen LogP) is 9.50. The van der Waals surface area contributed by atoms with Gasteiger partial charge in [-0.05, 0) is 92.8 Å². The van der Waals surface area contributed by atoms with Gasteiger partial charge in [-0.25, -0.2) is 31.9 Å². The Hall–Kier alpha value is -4.10. The molecule has 5 nitrogen and oxygen atoms in total. The number of nitrogens with zero attached hydrogens (tertiary/aromatic N) is 3. The van der Waals surface area contributed by atoms with Crippen molar-refractivity contribution in [1.29, 1.82) is 5.41 Å². The average molecular weight is 671 g/mol. The molecule has 2 aromatic carbocycles. The molecule has 4 rings (SSSR count). The van der Waals surface area contributed by atoms with Crippen LogP contribution in [-0.2, 0) is 12.1 Å². The third kappa shape index (κ3) is 7.73. The maximum Gasteiger partial charge on any atom is 0.262 e. The molecule has 1 N–H and O–H groups in total. The van der Waals surface area contributed by atoms with Crippen molar-refractivity contribution in [3.63, 3.8) is 0 Å².